The number of ether oxygens (including phenoxy) is 4. The smallest absolute Gasteiger partial charge is 0.338 e. The molecule has 9 nitrogen and oxygen atoms in total. The zero-order chi connectivity index (χ0) is 22.1. The Hall–Kier alpha value is -3.75. The van der Waals surface area contributed by atoms with Crippen LogP contribution >= 0.6 is 0 Å². The Morgan fingerprint density at radius 1 is 1.00 bits per heavy atom. The van der Waals surface area contributed by atoms with Gasteiger partial charge < -0.3 is 24.3 Å². The summed E-state index contributed by atoms with van der Waals surface area (Å²) in [5, 5.41) is 2.51. The van der Waals surface area contributed by atoms with Gasteiger partial charge in [0, 0.05) is 13.1 Å². The summed E-state index contributed by atoms with van der Waals surface area (Å²) >= 11 is 0. The highest BCUT2D eigenvalue weighted by molar-refractivity contribution is 5.98. The molecule has 0 unspecified atom stereocenters. The van der Waals surface area contributed by atoms with Crippen molar-refractivity contribution in [2.75, 3.05) is 39.5 Å². The van der Waals surface area contributed by atoms with E-state index in [2.05, 4.69) is 5.32 Å². The van der Waals surface area contributed by atoms with Crippen molar-refractivity contribution < 1.29 is 33.3 Å². The predicted octanol–water partition coefficient (Wildman–Crippen LogP) is 2.25. The zero-order valence-electron chi connectivity index (χ0n) is 17.2. The van der Waals surface area contributed by atoms with Gasteiger partial charge in [0.25, 0.3) is 5.91 Å². The maximum atomic E-state index is 12.3. The molecule has 0 atom stereocenters. The van der Waals surface area contributed by atoms with Gasteiger partial charge in [0.05, 0.1) is 12.2 Å². The van der Waals surface area contributed by atoms with E-state index < -0.39 is 24.5 Å². The molecule has 3 rings (SSSR count). The summed E-state index contributed by atoms with van der Waals surface area (Å²) in [5.74, 6) is 0.302. The lowest BCUT2D eigenvalue weighted by atomic mass is 10.2. The molecule has 1 saturated heterocycles. The van der Waals surface area contributed by atoms with Crippen LogP contribution in [0, 0.1) is 0 Å². The molecule has 0 spiro atoms. The number of benzene rings is 2. The van der Waals surface area contributed by atoms with Gasteiger partial charge in [-0.3, -0.25) is 9.69 Å². The summed E-state index contributed by atoms with van der Waals surface area (Å²) in [4.78, 5) is 36.8. The molecule has 1 aliphatic heterocycles. The van der Waals surface area contributed by atoms with E-state index in [4.69, 9.17) is 18.9 Å². The fourth-order valence-electron chi connectivity index (χ4n) is 2.85. The number of imide groups is 1. The van der Waals surface area contributed by atoms with Crippen LogP contribution in [0.25, 0.3) is 0 Å². The number of carbonyl (C=O) groups excluding carboxylic acids is 3. The Morgan fingerprint density at radius 3 is 2.48 bits per heavy atom. The molecule has 2 aromatic carbocycles. The number of amides is 3. The second-order valence-electron chi connectivity index (χ2n) is 6.46. The maximum Gasteiger partial charge on any atom is 0.338 e. The molecule has 1 fully saturated rings. The van der Waals surface area contributed by atoms with Crippen molar-refractivity contribution in [1.29, 1.82) is 0 Å². The Kier molecular flexibility index (Phi) is 7.69. The maximum absolute atomic E-state index is 12.3. The minimum absolute atomic E-state index is 0.204. The van der Waals surface area contributed by atoms with Crippen LogP contribution in [0.15, 0.2) is 48.5 Å². The summed E-state index contributed by atoms with van der Waals surface area (Å²) in [5.41, 5.74) is 0.204. The van der Waals surface area contributed by atoms with Crippen LogP contribution in [0.1, 0.15) is 17.3 Å². The molecule has 0 saturated carbocycles. The first-order valence-electron chi connectivity index (χ1n) is 9.91. The van der Waals surface area contributed by atoms with Crippen LogP contribution in [-0.2, 0) is 9.53 Å². The second-order valence-corrected chi connectivity index (χ2v) is 6.46. The van der Waals surface area contributed by atoms with E-state index in [1.165, 1.54) is 12.1 Å². The van der Waals surface area contributed by atoms with Crippen molar-refractivity contribution in [2.24, 2.45) is 0 Å². The van der Waals surface area contributed by atoms with Crippen LogP contribution in [-0.4, -0.2) is 62.3 Å². The van der Waals surface area contributed by atoms with Crippen LogP contribution in [0.3, 0.4) is 0 Å². The number of carbonyl (C=O) groups is 3. The third kappa shape index (κ3) is 6.11. The fourth-order valence-corrected chi connectivity index (χ4v) is 2.85. The van der Waals surface area contributed by atoms with Crippen molar-refractivity contribution in [3.63, 3.8) is 0 Å². The van der Waals surface area contributed by atoms with Crippen molar-refractivity contribution in [3.8, 4) is 17.2 Å². The minimum Gasteiger partial charge on any atom is -0.490 e. The van der Waals surface area contributed by atoms with Crippen molar-refractivity contribution in [2.45, 2.75) is 6.92 Å². The number of nitrogens with one attached hydrogen (secondary N) is 1. The van der Waals surface area contributed by atoms with Gasteiger partial charge in [-0.2, -0.15) is 0 Å². The molecular formula is C22H24N2O7. The Morgan fingerprint density at radius 2 is 1.77 bits per heavy atom. The van der Waals surface area contributed by atoms with E-state index in [1.807, 2.05) is 37.3 Å². The predicted molar refractivity (Wildman–Crippen MR) is 110 cm³/mol. The van der Waals surface area contributed by atoms with E-state index in [0.29, 0.717) is 31.3 Å². The van der Waals surface area contributed by atoms with Gasteiger partial charge in [-0.15, -0.1) is 0 Å². The highest BCUT2D eigenvalue weighted by Gasteiger charge is 2.27. The quantitative estimate of drug-likeness (QED) is 0.457. The van der Waals surface area contributed by atoms with Gasteiger partial charge in [0.2, 0.25) is 0 Å². The van der Waals surface area contributed by atoms with Gasteiger partial charge in [0.1, 0.15) is 19.0 Å². The minimum atomic E-state index is -0.701. The largest absolute Gasteiger partial charge is 0.490 e. The van der Waals surface area contributed by atoms with Gasteiger partial charge in [0.15, 0.2) is 18.1 Å². The van der Waals surface area contributed by atoms with Crippen LogP contribution in [0.5, 0.6) is 17.2 Å². The van der Waals surface area contributed by atoms with E-state index in [9.17, 15) is 14.4 Å². The number of esters is 1. The monoisotopic (exact) mass is 428 g/mol. The summed E-state index contributed by atoms with van der Waals surface area (Å²) in [7, 11) is 0. The fraction of sp³-hybridized carbons (Fsp3) is 0.318. The lowest BCUT2D eigenvalue weighted by molar-refractivity contribution is -0.130. The summed E-state index contributed by atoms with van der Waals surface area (Å²) in [6, 6.07) is 13.5. The van der Waals surface area contributed by atoms with E-state index in [1.54, 1.807) is 6.07 Å². The number of hydrogen-bond donors (Lipinski definition) is 1. The van der Waals surface area contributed by atoms with Crippen molar-refractivity contribution in [3.05, 3.63) is 54.1 Å². The molecule has 1 heterocycles. The molecule has 3 amide bonds. The Labute approximate surface area is 179 Å². The van der Waals surface area contributed by atoms with Crippen molar-refractivity contribution in [1.82, 2.24) is 10.2 Å². The molecule has 0 radical (unpaired) electrons. The van der Waals surface area contributed by atoms with E-state index >= 15 is 0 Å². The SMILES string of the molecule is CCOc1cc(C(=O)OCC(=O)N2CCNC2=O)ccc1OCCOc1ccccc1. The lowest BCUT2D eigenvalue weighted by Gasteiger charge is -2.14. The standard InChI is InChI=1S/C22H24N2O7/c1-2-28-19-14-16(21(26)31-15-20(25)24-11-10-23-22(24)27)8-9-18(19)30-13-12-29-17-6-4-3-5-7-17/h3-9,14H,2,10-13,15H2,1H3,(H,23,27). The number of urea groups is 1. The molecule has 1 N–H and O–H groups in total. The number of hydrogen-bond acceptors (Lipinski definition) is 7. The van der Waals surface area contributed by atoms with E-state index in [0.717, 1.165) is 10.6 Å². The molecule has 0 bridgehead atoms. The van der Waals surface area contributed by atoms with E-state index in [-0.39, 0.29) is 18.7 Å². The van der Waals surface area contributed by atoms with Gasteiger partial charge in [-0.05, 0) is 37.3 Å². The van der Waals surface area contributed by atoms with Gasteiger partial charge in [-0.25, -0.2) is 9.59 Å². The zero-order valence-corrected chi connectivity index (χ0v) is 17.2. The highest BCUT2D eigenvalue weighted by Crippen LogP contribution is 2.29. The van der Waals surface area contributed by atoms with Gasteiger partial charge >= 0.3 is 12.0 Å². The number of rotatable bonds is 10. The number of nitrogens with zero attached hydrogens (tertiary/aromatic N) is 1. The lowest BCUT2D eigenvalue weighted by Crippen LogP contribution is -2.37. The molecule has 0 aliphatic carbocycles. The second kappa shape index (κ2) is 10.9. The van der Waals surface area contributed by atoms with Crippen LogP contribution < -0.4 is 19.5 Å². The molecule has 164 valence electrons. The average Bonchev–Trinajstić information content (AvgIpc) is 3.22. The number of para-hydroxylation sites is 1. The summed E-state index contributed by atoms with van der Waals surface area (Å²) in [6.07, 6.45) is 0. The van der Waals surface area contributed by atoms with Crippen LogP contribution in [0.2, 0.25) is 0 Å². The molecule has 31 heavy (non-hydrogen) atoms. The molecule has 1 aliphatic rings. The summed E-state index contributed by atoms with van der Waals surface area (Å²) in [6.45, 7) is 2.92. The summed E-state index contributed by atoms with van der Waals surface area (Å²) < 4.78 is 21.9. The third-order valence-electron chi connectivity index (χ3n) is 4.32. The highest BCUT2D eigenvalue weighted by atomic mass is 16.5. The molecule has 9 heteroatoms. The topological polar surface area (TPSA) is 103 Å². The molecule has 0 aromatic heterocycles. The van der Waals surface area contributed by atoms with Gasteiger partial charge in [-0.1, -0.05) is 18.2 Å². The Balaban J connectivity index is 1.53. The Bertz CT molecular complexity index is 917. The molecule has 2 aromatic rings. The normalized spacial score (nSPS) is 12.8. The first-order chi connectivity index (χ1) is 15.1. The van der Waals surface area contributed by atoms with Crippen molar-refractivity contribution >= 4 is 17.9 Å². The third-order valence-corrected chi connectivity index (χ3v) is 4.32. The first kappa shape index (κ1) is 21.9. The average molecular weight is 428 g/mol. The molecular weight excluding hydrogens is 404 g/mol. The van der Waals surface area contributed by atoms with Crippen LogP contribution in [0.4, 0.5) is 4.79 Å². The first-order valence-corrected chi connectivity index (χ1v) is 9.91.